The number of aliphatic hydroxyl groups is 1. The molecular weight excluding hydrogens is 512 g/mol. The van der Waals surface area contributed by atoms with E-state index in [1.165, 1.54) is 0 Å². The third-order valence-electron chi connectivity index (χ3n) is 7.98. The summed E-state index contributed by atoms with van der Waals surface area (Å²) >= 11 is 0. The maximum Gasteiger partial charge on any atom is 0.360 e. The number of aryl methyl sites for hydroxylation is 2. The molecule has 0 aliphatic heterocycles. The van der Waals surface area contributed by atoms with Gasteiger partial charge in [0, 0.05) is 18.4 Å². The molecule has 10 nitrogen and oxygen atoms in total. The van der Waals surface area contributed by atoms with Gasteiger partial charge in [0.05, 0.1) is 23.7 Å². The number of rotatable bonds is 7. The Bertz CT molecular complexity index is 1440. The number of ether oxygens (including phenoxy) is 1. The number of benzene rings is 2. The molecule has 0 radical (unpaired) electrons. The molecular formula is C30H40N4O6. The van der Waals surface area contributed by atoms with Gasteiger partial charge in [-0.1, -0.05) is 19.1 Å². The molecule has 1 aliphatic carbocycles. The van der Waals surface area contributed by atoms with Crippen LogP contribution in [0.15, 0.2) is 41.2 Å². The number of amides is 1. The van der Waals surface area contributed by atoms with Crippen molar-refractivity contribution in [3.63, 3.8) is 0 Å². The molecule has 1 amide bonds. The van der Waals surface area contributed by atoms with Gasteiger partial charge in [-0.15, -0.1) is 0 Å². The number of fused-ring (bicyclic) bond motifs is 1. The number of carbonyl (C=O) groups excluding carboxylic acids is 1. The number of primary amides is 1. The summed E-state index contributed by atoms with van der Waals surface area (Å²) in [6, 6.07) is 11.2. The second kappa shape index (κ2) is 12.6. The molecule has 1 fully saturated rings. The van der Waals surface area contributed by atoms with Crippen LogP contribution in [-0.4, -0.2) is 64.7 Å². The molecule has 0 saturated heterocycles. The molecule has 4 rings (SSSR count). The number of nitrogens with one attached hydrogen (secondary N) is 1. The lowest BCUT2D eigenvalue weighted by atomic mass is 9.65. The van der Waals surface area contributed by atoms with Crippen molar-refractivity contribution in [3.05, 3.63) is 69.1 Å². The smallest absolute Gasteiger partial charge is 0.360 e. The summed E-state index contributed by atoms with van der Waals surface area (Å²) in [7, 11) is 5.64. The third-order valence-corrected chi connectivity index (χ3v) is 7.98. The van der Waals surface area contributed by atoms with Gasteiger partial charge in [-0.25, -0.2) is 9.78 Å². The third kappa shape index (κ3) is 6.86. The summed E-state index contributed by atoms with van der Waals surface area (Å²) in [4.78, 5) is 42.1. The molecule has 1 heterocycles. The quantitative estimate of drug-likeness (QED) is 0.348. The zero-order valence-electron chi connectivity index (χ0n) is 24.0. The van der Waals surface area contributed by atoms with Gasteiger partial charge >= 0.3 is 5.97 Å². The Morgan fingerprint density at radius 3 is 2.50 bits per heavy atom. The van der Waals surface area contributed by atoms with Gasteiger partial charge in [0.1, 0.15) is 5.75 Å². The Hall–Kier alpha value is -3.76. The van der Waals surface area contributed by atoms with Gasteiger partial charge in [0.25, 0.3) is 5.56 Å². The Balaban J connectivity index is 0.000000238. The van der Waals surface area contributed by atoms with Gasteiger partial charge in [-0.2, -0.15) is 0 Å². The van der Waals surface area contributed by atoms with Crippen LogP contribution in [0.25, 0.3) is 11.0 Å². The van der Waals surface area contributed by atoms with E-state index in [0.29, 0.717) is 17.5 Å². The fraction of sp³-hybridized carbons (Fsp3) is 0.467. The summed E-state index contributed by atoms with van der Waals surface area (Å²) < 4.78 is 5.32. The molecule has 0 bridgehead atoms. The van der Waals surface area contributed by atoms with Crippen molar-refractivity contribution in [2.24, 2.45) is 23.5 Å². The first-order chi connectivity index (χ1) is 18.8. The summed E-state index contributed by atoms with van der Waals surface area (Å²) in [5.41, 5.74) is 7.39. The van der Waals surface area contributed by atoms with Crippen LogP contribution in [0.3, 0.4) is 0 Å². The van der Waals surface area contributed by atoms with E-state index in [1.54, 1.807) is 19.2 Å². The average Bonchev–Trinajstić information content (AvgIpc) is 2.90. The number of hydrogen-bond donors (Lipinski definition) is 4. The number of H-pyrrole nitrogens is 1. The molecule has 4 unspecified atom stereocenters. The predicted molar refractivity (Wildman–Crippen MR) is 153 cm³/mol. The van der Waals surface area contributed by atoms with E-state index < -0.39 is 22.8 Å². The first-order valence-electron chi connectivity index (χ1n) is 13.3. The number of carbonyl (C=O) groups is 2. The molecule has 216 valence electrons. The standard InChI is InChI=1S/C19H30N2O3.C11H10N2O3/c1-13(18(20)22)14-8-9-19(23,16(10-14)12-21(2)3)15-6-5-7-17(11-15)24-4;1-5-3-7-8(4-6(5)2)13-10(14)9(12-7)11(15)16/h5-7,11,13-14,16,23H,8-10,12H2,1-4H3,(H2,20,22);3-4H,1-2H3,(H,13,14)(H,15,16). The topological polar surface area (TPSA) is 159 Å². The Labute approximate surface area is 234 Å². The fourth-order valence-corrected chi connectivity index (χ4v) is 5.40. The van der Waals surface area contributed by atoms with Crippen LogP contribution < -0.4 is 16.0 Å². The number of aromatic amines is 1. The van der Waals surface area contributed by atoms with Gasteiger partial charge in [-0.05, 0) is 94.1 Å². The molecule has 0 spiro atoms. The number of aromatic carboxylic acids is 1. The molecule has 3 aromatic rings. The largest absolute Gasteiger partial charge is 0.497 e. The summed E-state index contributed by atoms with van der Waals surface area (Å²) in [5.74, 6) is -0.725. The number of methoxy groups -OCH3 is 1. The molecule has 1 saturated carbocycles. The van der Waals surface area contributed by atoms with Crippen LogP contribution in [0.2, 0.25) is 0 Å². The van der Waals surface area contributed by atoms with Crippen LogP contribution in [0.4, 0.5) is 0 Å². The van der Waals surface area contributed by atoms with Crippen LogP contribution >= 0.6 is 0 Å². The van der Waals surface area contributed by atoms with Crippen molar-refractivity contribution >= 4 is 22.9 Å². The van der Waals surface area contributed by atoms with Crippen LogP contribution in [0.5, 0.6) is 5.75 Å². The van der Waals surface area contributed by atoms with Gasteiger partial charge in [0.15, 0.2) is 0 Å². The van der Waals surface area contributed by atoms with Gasteiger partial charge < -0.3 is 30.6 Å². The maximum atomic E-state index is 11.6. The highest BCUT2D eigenvalue weighted by Crippen LogP contribution is 2.46. The van der Waals surface area contributed by atoms with Crippen molar-refractivity contribution in [1.82, 2.24) is 14.9 Å². The predicted octanol–water partition coefficient (Wildman–Crippen LogP) is 3.22. The minimum absolute atomic E-state index is 0.0418. The van der Waals surface area contributed by atoms with E-state index in [4.69, 9.17) is 15.6 Å². The highest BCUT2D eigenvalue weighted by molar-refractivity contribution is 5.88. The molecule has 4 atom stereocenters. The first kappa shape index (κ1) is 30.8. The van der Waals surface area contributed by atoms with Crippen molar-refractivity contribution in [3.8, 4) is 5.75 Å². The minimum Gasteiger partial charge on any atom is -0.497 e. The molecule has 2 aromatic carbocycles. The normalized spacial score (nSPS) is 21.4. The highest BCUT2D eigenvalue weighted by Gasteiger charge is 2.45. The van der Waals surface area contributed by atoms with Crippen molar-refractivity contribution < 1.29 is 24.5 Å². The van der Waals surface area contributed by atoms with Crippen molar-refractivity contribution in [1.29, 1.82) is 0 Å². The lowest BCUT2D eigenvalue weighted by Crippen LogP contribution is -2.47. The Kier molecular flexibility index (Phi) is 9.70. The maximum absolute atomic E-state index is 11.6. The number of carboxylic acid groups (broad SMARTS) is 1. The van der Waals surface area contributed by atoms with E-state index in [1.807, 2.05) is 59.1 Å². The molecule has 5 N–H and O–H groups in total. The summed E-state index contributed by atoms with van der Waals surface area (Å²) in [5, 5.41) is 20.3. The van der Waals surface area contributed by atoms with Crippen LogP contribution in [0.1, 0.15) is 53.4 Å². The second-order valence-corrected chi connectivity index (χ2v) is 11.0. The number of carboxylic acids is 1. The Morgan fingerprint density at radius 2 is 1.90 bits per heavy atom. The van der Waals surface area contributed by atoms with Gasteiger partial charge in [-0.3, -0.25) is 9.59 Å². The Morgan fingerprint density at radius 1 is 1.23 bits per heavy atom. The molecule has 1 aromatic heterocycles. The number of hydrogen-bond acceptors (Lipinski definition) is 7. The average molecular weight is 553 g/mol. The van der Waals surface area contributed by atoms with E-state index in [0.717, 1.165) is 41.8 Å². The zero-order valence-corrected chi connectivity index (χ0v) is 24.0. The molecule has 40 heavy (non-hydrogen) atoms. The van der Waals surface area contributed by atoms with Gasteiger partial charge in [0.2, 0.25) is 11.6 Å². The van der Waals surface area contributed by atoms with E-state index >= 15 is 0 Å². The van der Waals surface area contributed by atoms with Crippen molar-refractivity contribution in [2.75, 3.05) is 27.7 Å². The number of nitrogens with zero attached hydrogens (tertiary/aromatic N) is 2. The number of nitrogens with two attached hydrogens (primary N) is 1. The van der Waals surface area contributed by atoms with Crippen LogP contribution in [-0.2, 0) is 10.4 Å². The van der Waals surface area contributed by atoms with E-state index in [2.05, 4.69) is 14.9 Å². The molecule has 10 heteroatoms. The van der Waals surface area contributed by atoms with Crippen molar-refractivity contribution in [2.45, 2.75) is 45.6 Å². The highest BCUT2D eigenvalue weighted by atomic mass is 16.5. The lowest BCUT2D eigenvalue weighted by Gasteiger charge is -2.45. The first-order valence-corrected chi connectivity index (χ1v) is 13.3. The number of aromatic nitrogens is 2. The van der Waals surface area contributed by atoms with Crippen LogP contribution in [0, 0.1) is 31.6 Å². The molecule has 1 aliphatic rings. The van der Waals surface area contributed by atoms with E-state index in [9.17, 15) is 19.5 Å². The fourth-order valence-electron chi connectivity index (χ4n) is 5.40. The zero-order chi connectivity index (χ0) is 29.8. The summed E-state index contributed by atoms with van der Waals surface area (Å²) in [6.07, 6.45) is 2.21. The summed E-state index contributed by atoms with van der Waals surface area (Å²) in [6.45, 7) is 6.48. The van der Waals surface area contributed by atoms with E-state index in [-0.39, 0.29) is 23.7 Å². The monoisotopic (exact) mass is 552 g/mol. The second-order valence-electron chi connectivity index (χ2n) is 11.0. The SMILES string of the molecule is COc1cccc(C2(O)CCC(C(C)C(N)=O)CC2CN(C)C)c1.Cc1cc2nc(C(=O)O)c(=O)[nH]c2cc1C. The minimum atomic E-state index is -1.32. The lowest BCUT2D eigenvalue weighted by molar-refractivity contribution is -0.126.